The maximum atomic E-state index is 12.6. The van der Waals surface area contributed by atoms with E-state index in [9.17, 15) is 4.79 Å². The van der Waals surface area contributed by atoms with Gasteiger partial charge in [-0.25, -0.2) is 9.97 Å². The smallest absolute Gasteiger partial charge is 0.255 e. The molecule has 4 heterocycles. The minimum atomic E-state index is 0.00729. The van der Waals surface area contributed by atoms with Gasteiger partial charge in [-0.3, -0.25) is 4.79 Å². The summed E-state index contributed by atoms with van der Waals surface area (Å²) in [5, 5.41) is 3.69. The zero-order valence-corrected chi connectivity index (χ0v) is 18.1. The molecule has 4 rings (SSSR count). The van der Waals surface area contributed by atoms with E-state index in [-0.39, 0.29) is 12.0 Å². The Bertz CT molecular complexity index is 870. The lowest BCUT2D eigenvalue weighted by atomic mass is 10.1. The van der Waals surface area contributed by atoms with E-state index >= 15 is 0 Å². The molecule has 7 nitrogen and oxygen atoms in total. The van der Waals surface area contributed by atoms with Crippen LogP contribution in [-0.4, -0.2) is 59.7 Å². The lowest BCUT2D eigenvalue weighted by molar-refractivity contribution is 0.0529. The van der Waals surface area contributed by atoms with E-state index in [1.165, 1.54) is 6.42 Å². The number of morpholine rings is 1. The van der Waals surface area contributed by atoms with Crippen LogP contribution >= 0.6 is 11.6 Å². The van der Waals surface area contributed by atoms with Crippen molar-refractivity contribution in [2.75, 3.05) is 43.0 Å². The molecule has 30 heavy (non-hydrogen) atoms. The molecule has 2 fully saturated rings. The van der Waals surface area contributed by atoms with Crippen LogP contribution in [0.15, 0.2) is 30.6 Å². The summed E-state index contributed by atoms with van der Waals surface area (Å²) in [6.07, 6.45) is 7.00. The summed E-state index contributed by atoms with van der Waals surface area (Å²) < 4.78 is 5.59. The second kappa shape index (κ2) is 9.62. The number of nitrogens with one attached hydrogen (secondary N) is 1. The summed E-state index contributed by atoms with van der Waals surface area (Å²) in [6.45, 7) is 6.69. The van der Waals surface area contributed by atoms with Crippen LogP contribution in [0.5, 0.6) is 0 Å². The molecule has 2 aromatic heterocycles. The Morgan fingerprint density at radius 2 is 2.03 bits per heavy atom. The molecule has 160 valence electrons. The topological polar surface area (TPSA) is 70.6 Å². The van der Waals surface area contributed by atoms with Crippen LogP contribution in [0, 0.1) is 0 Å². The van der Waals surface area contributed by atoms with E-state index in [0.717, 1.165) is 57.0 Å². The lowest BCUT2D eigenvalue weighted by Gasteiger charge is -2.32. The molecule has 0 aliphatic carbocycles. The first-order valence-electron chi connectivity index (χ1n) is 10.6. The summed E-state index contributed by atoms with van der Waals surface area (Å²) in [5.41, 5.74) is 1.57. The van der Waals surface area contributed by atoms with Crippen LogP contribution in [0.4, 0.5) is 11.6 Å². The Kier molecular flexibility index (Phi) is 6.69. The molecule has 2 aliphatic heterocycles. The Hall–Kier alpha value is -2.38. The molecule has 1 N–H and O–H groups in total. The zero-order valence-electron chi connectivity index (χ0n) is 17.3. The fourth-order valence-corrected chi connectivity index (χ4v) is 4.12. The largest absolute Gasteiger partial charge is 0.375 e. The van der Waals surface area contributed by atoms with Gasteiger partial charge in [-0.1, -0.05) is 17.7 Å². The van der Waals surface area contributed by atoms with Crippen LogP contribution < -0.4 is 10.2 Å². The third kappa shape index (κ3) is 5.02. The van der Waals surface area contributed by atoms with Crippen LogP contribution in [0.1, 0.15) is 42.1 Å². The maximum absolute atomic E-state index is 12.6. The highest BCUT2D eigenvalue weighted by Crippen LogP contribution is 2.23. The van der Waals surface area contributed by atoms with Gasteiger partial charge in [-0.15, -0.1) is 0 Å². The van der Waals surface area contributed by atoms with Crippen LogP contribution in [0.2, 0.25) is 5.02 Å². The highest BCUT2D eigenvalue weighted by Gasteiger charge is 2.20. The third-order valence-corrected chi connectivity index (χ3v) is 5.85. The Labute approximate surface area is 182 Å². The molecule has 2 saturated heterocycles. The van der Waals surface area contributed by atoms with Gasteiger partial charge in [0.15, 0.2) is 0 Å². The number of aromatic nitrogens is 2. The Morgan fingerprint density at radius 3 is 2.73 bits per heavy atom. The Balaban J connectivity index is 1.35. The first-order chi connectivity index (χ1) is 14.6. The van der Waals surface area contributed by atoms with Crippen molar-refractivity contribution < 1.29 is 9.53 Å². The van der Waals surface area contributed by atoms with Gasteiger partial charge >= 0.3 is 0 Å². The Morgan fingerprint density at radius 1 is 1.20 bits per heavy atom. The predicted molar refractivity (Wildman–Crippen MR) is 118 cm³/mol. The summed E-state index contributed by atoms with van der Waals surface area (Å²) in [4.78, 5) is 25.7. The SMILES string of the molecule is CC1CN(c2ccc(CNc3ncc(C(=O)N4CCCCC4)cc3Cl)cn2)CCO1. The van der Waals surface area contributed by atoms with E-state index in [0.29, 0.717) is 22.9 Å². The number of likely N-dealkylation sites (tertiary alicyclic amines) is 1. The van der Waals surface area contributed by atoms with Gasteiger partial charge < -0.3 is 19.9 Å². The van der Waals surface area contributed by atoms with Crippen molar-refractivity contribution in [2.45, 2.75) is 38.8 Å². The van der Waals surface area contributed by atoms with E-state index in [1.54, 1.807) is 12.3 Å². The van der Waals surface area contributed by atoms with Crippen molar-refractivity contribution in [3.63, 3.8) is 0 Å². The number of nitrogens with zero attached hydrogens (tertiary/aromatic N) is 4. The number of anilines is 2. The van der Waals surface area contributed by atoms with Crippen molar-refractivity contribution >= 4 is 29.1 Å². The number of piperidine rings is 1. The molecule has 1 unspecified atom stereocenters. The highest BCUT2D eigenvalue weighted by molar-refractivity contribution is 6.33. The van der Waals surface area contributed by atoms with Gasteiger partial charge in [0.25, 0.3) is 5.91 Å². The minimum Gasteiger partial charge on any atom is -0.375 e. The molecule has 0 radical (unpaired) electrons. The second-order valence-electron chi connectivity index (χ2n) is 7.91. The standard InChI is InChI=1S/C22H28ClN5O2/c1-16-15-28(9-10-30-16)20-6-5-17(12-24-20)13-25-21-19(23)11-18(14-26-21)22(29)27-7-3-2-4-8-27/h5-6,11-12,14,16H,2-4,7-10,13,15H2,1H3,(H,25,26). The van der Waals surface area contributed by atoms with Crippen molar-refractivity contribution in [2.24, 2.45) is 0 Å². The number of ether oxygens (including phenoxy) is 1. The minimum absolute atomic E-state index is 0.00729. The molecule has 1 atom stereocenters. The van der Waals surface area contributed by atoms with Crippen molar-refractivity contribution in [1.29, 1.82) is 0 Å². The third-order valence-electron chi connectivity index (χ3n) is 5.57. The van der Waals surface area contributed by atoms with Crippen molar-refractivity contribution in [3.05, 3.63) is 46.7 Å². The number of carbonyl (C=O) groups is 1. The van der Waals surface area contributed by atoms with Gasteiger partial charge in [0.2, 0.25) is 0 Å². The monoisotopic (exact) mass is 429 g/mol. The number of amides is 1. The molecular weight excluding hydrogens is 402 g/mol. The van der Waals surface area contributed by atoms with E-state index < -0.39 is 0 Å². The van der Waals surface area contributed by atoms with Gasteiger partial charge in [-0.05, 0) is 43.9 Å². The molecule has 0 bridgehead atoms. The molecule has 0 spiro atoms. The first-order valence-corrected chi connectivity index (χ1v) is 11.0. The molecule has 2 aliphatic rings. The van der Waals surface area contributed by atoms with Gasteiger partial charge in [0, 0.05) is 45.1 Å². The quantitative estimate of drug-likeness (QED) is 0.783. The fraction of sp³-hybridized carbons (Fsp3) is 0.500. The molecule has 0 aromatic carbocycles. The second-order valence-corrected chi connectivity index (χ2v) is 8.32. The van der Waals surface area contributed by atoms with E-state index in [1.807, 2.05) is 17.2 Å². The molecule has 1 amide bonds. The number of hydrogen-bond donors (Lipinski definition) is 1. The molecular formula is C22H28ClN5O2. The van der Waals surface area contributed by atoms with Crippen molar-refractivity contribution in [3.8, 4) is 0 Å². The van der Waals surface area contributed by atoms with E-state index in [4.69, 9.17) is 16.3 Å². The average Bonchev–Trinajstić information content (AvgIpc) is 2.79. The fourth-order valence-electron chi connectivity index (χ4n) is 3.89. The number of carbonyl (C=O) groups excluding carboxylic acids is 1. The molecule has 2 aromatic rings. The highest BCUT2D eigenvalue weighted by atomic mass is 35.5. The summed E-state index contributed by atoms with van der Waals surface area (Å²) >= 11 is 6.39. The predicted octanol–water partition coefficient (Wildman–Crippen LogP) is 3.59. The summed E-state index contributed by atoms with van der Waals surface area (Å²) in [5.74, 6) is 1.54. The molecule has 8 heteroatoms. The number of rotatable bonds is 5. The lowest BCUT2D eigenvalue weighted by Crippen LogP contribution is -2.41. The van der Waals surface area contributed by atoms with Crippen LogP contribution in [0.25, 0.3) is 0 Å². The summed E-state index contributed by atoms with van der Waals surface area (Å²) in [7, 11) is 0. The normalized spacial score (nSPS) is 19.6. The number of pyridine rings is 2. The van der Waals surface area contributed by atoms with Crippen LogP contribution in [0.3, 0.4) is 0 Å². The van der Waals surface area contributed by atoms with E-state index in [2.05, 4.69) is 33.2 Å². The van der Waals surface area contributed by atoms with Crippen molar-refractivity contribution in [1.82, 2.24) is 14.9 Å². The van der Waals surface area contributed by atoms with Crippen LogP contribution in [-0.2, 0) is 11.3 Å². The number of halogens is 1. The first kappa shape index (κ1) is 20.9. The van der Waals surface area contributed by atoms with Gasteiger partial charge in [0.05, 0.1) is 23.3 Å². The summed E-state index contributed by atoms with van der Waals surface area (Å²) in [6, 6.07) is 5.79. The van der Waals surface area contributed by atoms with Gasteiger partial charge in [0.1, 0.15) is 11.6 Å². The molecule has 0 saturated carbocycles. The maximum Gasteiger partial charge on any atom is 0.255 e. The average molecular weight is 430 g/mol. The zero-order chi connectivity index (χ0) is 20.9. The number of hydrogen-bond acceptors (Lipinski definition) is 6. The van der Waals surface area contributed by atoms with Gasteiger partial charge in [-0.2, -0.15) is 0 Å².